The molecule has 0 amide bonds. The molecular weight excluding hydrogens is 278 g/mol. The summed E-state index contributed by atoms with van der Waals surface area (Å²) in [6.07, 6.45) is 0. The first kappa shape index (κ1) is 11.0. The Hall–Kier alpha value is -0.110. The maximum Gasteiger partial charge on any atom is 0.214 e. The van der Waals surface area contributed by atoms with Crippen molar-refractivity contribution in [2.45, 2.75) is 5.75 Å². The molecule has 0 aliphatic rings. The van der Waals surface area contributed by atoms with E-state index in [1.165, 1.54) is 18.4 Å². The van der Waals surface area contributed by atoms with Crippen LogP contribution in [0.5, 0.6) is 5.06 Å². The fourth-order valence-electron chi connectivity index (χ4n) is 0.806. The monoisotopic (exact) mass is 285 g/mol. The average molecular weight is 286 g/mol. The fourth-order valence-corrected chi connectivity index (χ4v) is 3.50. The molecule has 13 heavy (non-hydrogen) atoms. The van der Waals surface area contributed by atoms with Crippen molar-refractivity contribution in [3.8, 4) is 5.06 Å². The van der Waals surface area contributed by atoms with Crippen molar-refractivity contribution in [2.24, 2.45) is 5.14 Å². The van der Waals surface area contributed by atoms with E-state index in [1.807, 2.05) is 0 Å². The Morgan fingerprint density at radius 3 is 2.69 bits per heavy atom. The lowest BCUT2D eigenvalue weighted by Gasteiger charge is -1.93. The van der Waals surface area contributed by atoms with Gasteiger partial charge in [0.15, 0.2) is 5.06 Å². The topological polar surface area (TPSA) is 69.4 Å². The van der Waals surface area contributed by atoms with Gasteiger partial charge in [-0.1, -0.05) is 0 Å². The summed E-state index contributed by atoms with van der Waals surface area (Å²) < 4.78 is 27.2. The number of methoxy groups -OCH3 is 1. The Balaban J connectivity index is 2.92. The van der Waals surface area contributed by atoms with Crippen LogP contribution in [0.3, 0.4) is 0 Å². The van der Waals surface area contributed by atoms with Crippen LogP contribution >= 0.6 is 27.3 Å². The number of rotatable bonds is 3. The van der Waals surface area contributed by atoms with Crippen LogP contribution < -0.4 is 9.88 Å². The number of halogens is 1. The van der Waals surface area contributed by atoms with Gasteiger partial charge >= 0.3 is 0 Å². The van der Waals surface area contributed by atoms with E-state index in [-0.39, 0.29) is 5.75 Å². The fraction of sp³-hybridized carbons (Fsp3) is 0.333. The molecule has 74 valence electrons. The second-order valence-electron chi connectivity index (χ2n) is 2.36. The Labute approximate surface area is 88.9 Å². The van der Waals surface area contributed by atoms with Gasteiger partial charge in [0.2, 0.25) is 10.0 Å². The predicted molar refractivity (Wildman–Crippen MR) is 55.4 cm³/mol. The number of thiophene rings is 1. The second kappa shape index (κ2) is 3.95. The molecule has 0 aliphatic heterocycles. The summed E-state index contributed by atoms with van der Waals surface area (Å²) in [5.41, 5.74) is 0. The quantitative estimate of drug-likeness (QED) is 0.910. The van der Waals surface area contributed by atoms with E-state index >= 15 is 0 Å². The van der Waals surface area contributed by atoms with Crippen molar-refractivity contribution in [3.05, 3.63) is 15.4 Å². The molecule has 0 aromatic carbocycles. The lowest BCUT2D eigenvalue weighted by atomic mass is 10.5. The van der Waals surface area contributed by atoms with Gasteiger partial charge in [-0.25, -0.2) is 13.6 Å². The molecule has 0 bridgehead atoms. The molecule has 7 heteroatoms. The summed E-state index contributed by atoms with van der Waals surface area (Å²) in [5.74, 6) is -0.153. The van der Waals surface area contributed by atoms with Crippen LogP contribution in [0.2, 0.25) is 0 Å². The van der Waals surface area contributed by atoms with Crippen molar-refractivity contribution >= 4 is 37.3 Å². The van der Waals surface area contributed by atoms with E-state index in [1.54, 1.807) is 6.07 Å². The third-order valence-corrected chi connectivity index (χ3v) is 4.08. The highest BCUT2D eigenvalue weighted by molar-refractivity contribution is 9.10. The minimum atomic E-state index is -3.45. The maximum absolute atomic E-state index is 10.7. The molecule has 1 aromatic rings. The third-order valence-electron chi connectivity index (χ3n) is 1.24. The Morgan fingerprint density at radius 2 is 2.31 bits per heavy atom. The SMILES string of the molecule is COc1sc(CS(N)(=O)=O)cc1Br. The zero-order chi connectivity index (χ0) is 10.1. The molecule has 2 N–H and O–H groups in total. The van der Waals surface area contributed by atoms with Crippen molar-refractivity contribution < 1.29 is 13.2 Å². The molecule has 0 aliphatic carbocycles. The Morgan fingerprint density at radius 1 is 1.69 bits per heavy atom. The molecule has 0 spiro atoms. The third kappa shape index (κ3) is 3.26. The van der Waals surface area contributed by atoms with Gasteiger partial charge in [-0.05, 0) is 22.0 Å². The van der Waals surface area contributed by atoms with E-state index in [2.05, 4.69) is 15.9 Å². The van der Waals surface area contributed by atoms with Crippen LogP contribution in [0.25, 0.3) is 0 Å². The summed E-state index contributed by atoms with van der Waals surface area (Å²) in [4.78, 5) is 0.659. The standard InChI is InChI=1S/C6H8BrNO3S2/c1-11-6-5(7)2-4(12-6)3-13(8,9)10/h2H,3H2,1H3,(H2,8,9,10). The molecule has 0 unspecified atom stereocenters. The molecule has 1 heterocycles. The van der Waals surface area contributed by atoms with Crippen LogP contribution in [0, 0.1) is 0 Å². The molecule has 1 aromatic heterocycles. The number of ether oxygens (including phenoxy) is 1. The van der Waals surface area contributed by atoms with Gasteiger partial charge in [-0.2, -0.15) is 0 Å². The van der Waals surface area contributed by atoms with E-state index in [0.29, 0.717) is 9.94 Å². The molecule has 0 fully saturated rings. The van der Waals surface area contributed by atoms with Crippen molar-refractivity contribution in [2.75, 3.05) is 7.11 Å². The Kier molecular flexibility index (Phi) is 3.33. The average Bonchev–Trinajstić information content (AvgIpc) is 2.26. The summed E-state index contributed by atoms with van der Waals surface area (Å²) in [6.45, 7) is 0. The van der Waals surface area contributed by atoms with Gasteiger partial charge in [-0.3, -0.25) is 0 Å². The van der Waals surface area contributed by atoms with Crippen LogP contribution in [-0.4, -0.2) is 15.5 Å². The highest BCUT2D eigenvalue weighted by Gasteiger charge is 2.11. The van der Waals surface area contributed by atoms with Gasteiger partial charge in [0.1, 0.15) is 0 Å². The number of hydrogen-bond acceptors (Lipinski definition) is 4. The van der Waals surface area contributed by atoms with Gasteiger partial charge in [0.25, 0.3) is 0 Å². The molecule has 4 nitrogen and oxygen atoms in total. The van der Waals surface area contributed by atoms with E-state index in [0.717, 1.165) is 4.47 Å². The van der Waals surface area contributed by atoms with Gasteiger partial charge in [0.05, 0.1) is 17.3 Å². The van der Waals surface area contributed by atoms with Gasteiger partial charge in [-0.15, -0.1) is 11.3 Å². The highest BCUT2D eigenvalue weighted by atomic mass is 79.9. The second-order valence-corrected chi connectivity index (χ2v) is 5.93. The first-order valence-electron chi connectivity index (χ1n) is 3.25. The molecular formula is C6H8BrNO3S2. The molecule has 0 atom stereocenters. The largest absolute Gasteiger partial charge is 0.486 e. The maximum atomic E-state index is 10.7. The minimum absolute atomic E-state index is 0.153. The zero-order valence-electron chi connectivity index (χ0n) is 6.78. The normalized spacial score (nSPS) is 11.6. The first-order chi connectivity index (χ1) is 5.92. The van der Waals surface area contributed by atoms with Gasteiger partial charge in [0, 0.05) is 4.88 Å². The van der Waals surface area contributed by atoms with Crippen molar-refractivity contribution in [1.82, 2.24) is 0 Å². The molecule has 0 saturated carbocycles. The van der Waals surface area contributed by atoms with Crippen LogP contribution in [0.15, 0.2) is 10.5 Å². The van der Waals surface area contributed by atoms with E-state index in [4.69, 9.17) is 9.88 Å². The van der Waals surface area contributed by atoms with Gasteiger partial charge < -0.3 is 4.74 Å². The number of nitrogens with two attached hydrogens (primary N) is 1. The molecule has 0 saturated heterocycles. The first-order valence-corrected chi connectivity index (χ1v) is 6.57. The van der Waals surface area contributed by atoms with E-state index in [9.17, 15) is 8.42 Å². The molecule has 1 rings (SSSR count). The summed E-state index contributed by atoms with van der Waals surface area (Å²) in [5, 5.41) is 5.54. The smallest absolute Gasteiger partial charge is 0.214 e. The van der Waals surface area contributed by atoms with Crippen LogP contribution in [0.1, 0.15) is 4.88 Å². The lowest BCUT2D eigenvalue weighted by molar-refractivity contribution is 0.425. The lowest BCUT2D eigenvalue weighted by Crippen LogP contribution is -2.13. The summed E-state index contributed by atoms with van der Waals surface area (Å²) in [6, 6.07) is 1.69. The molecule has 0 radical (unpaired) electrons. The summed E-state index contributed by atoms with van der Waals surface area (Å²) in [7, 11) is -1.93. The number of primary sulfonamides is 1. The van der Waals surface area contributed by atoms with Crippen LogP contribution in [0.4, 0.5) is 0 Å². The number of hydrogen-bond donors (Lipinski definition) is 1. The zero-order valence-corrected chi connectivity index (χ0v) is 10.0. The summed E-state index contributed by atoms with van der Waals surface area (Å²) >= 11 is 4.49. The number of sulfonamides is 1. The van der Waals surface area contributed by atoms with E-state index < -0.39 is 10.0 Å². The van der Waals surface area contributed by atoms with Crippen LogP contribution in [-0.2, 0) is 15.8 Å². The Bertz CT molecular complexity index is 398. The minimum Gasteiger partial charge on any atom is -0.486 e. The van der Waals surface area contributed by atoms with Crippen molar-refractivity contribution in [3.63, 3.8) is 0 Å². The highest BCUT2D eigenvalue weighted by Crippen LogP contribution is 2.35. The predicted octanol–water partition coefficient (Wildman–Crippen LogP) is 1.31. The van der Waals surface area contributed by atoms with Crippen molar-refractivity contribution in [1.29, 1.82) is 0 Å².